The first-order valence-electron chi connectivity index (χ1n) is 6.76. The maximum Gasteiger partial charge on any atom is 0.0226 e. The number of halogens is 2. The fourth-order valence-corrected chi connectivity index (χ4v) is 2.98. The van der Waals surface area contributed by atoms with Gasteiger partial charge in [0, 0.05) is 31.1 Å². The Labute approximate surface area is 134 Å². The largest absolute Gasteiger partial charge is 0.330 e. The third kappa shape index (κ3) is 5.23. The molecule has 2 atom stereocenters. The molecule has 1 heterocycles. The van der Waals surface area contributed by atoms with Gasteiger partial charge < -0.3 is 16.4 Å². The smallest absolute Gasteiger partial charge is 0.0226 e. The Hall–Kier alpha value is -0.320. The summed E-state index contributed by atoms with van der Waals surface area (Å²) in [7, 11) is 0. The molecule has 1 aliphatic rings. The van der Waals surface area contributed by atoms with Crippen LogP contribution in [-0.2, 0) is 0 Å². The van der Waals surface area contributed by atoms with Crippen LogP contribution < -0.4 is 11.5 Å². The molecule has 2 rings (SSSR count). The highest BCUT2D eigenvalue weighted by molar-refractivity contribution is 5.85. The van der Waals surface area contributed by atoms with E-state index >= 15 is 0 Å². The van der Waals surface area contributed by atoms with Crippen LogP contribution in [0.1, 0.15) is 25.3 Å². The summed E-state index contributed by atoms with van der Waals surface area (Å²) in [5.41, 5.74) is 13.3. The maximum atomic E-state index is 6.11. The number of hydrogen-bond donors (Lipinski definition) is 2. The zero-order chi connectivity index (χ0) is 13.2. The summed E-state index contributed by atoms with van der Waals surface area (Å²) in [6.45, 7) is 8.00. The molecule has 1 aliphatic heterocycles. The van der Waals surface area contributed by atoms with E-state index in [4.69, 9.17) is 11.5 Å². The average Bonchev–Trinajstić information content (AvgIpc) is 2.71. The first-order chi connectivity index (χ1) is 8.49. The van der Waals surface area contributed by atoms with Gasteiger partial charge in [0.05, 0.1) is 0 Å². The fraction of sp³-hybridized carbons (Fsp3) is 0.600. The maximum absolute atomic E-state index is 6.11. The number of hydrogen-bond acceptors (Lipinski definition) is 3. The van der Waals surface area contributed by atoms with Crippen molar-refractivity contribution in [1.82, 2.24) is 4.90 Å². The summed E-state index contributed by atoms with van der Waals surface area (Å²) < 4.78 is 0. The molecule has 1 aromatic rings. The zero-order valence-electron chi connectivity index (χ0n) is 12.3. The van der Waals surface area contributed by atoms with Gasteiger partial charge in [0.1, 0.15) is 0 Å². The molecule has 1 fully saturated rings. The van der Waals surface area contributed by atoms with E-state index in [1.165, 1.54) is 5.56 Å². The minimum atomic E-state index is -0.134. The van der Waals surface area contributed by atoms with Crippen molar-refractivity contribution in [2.24, 2.45) is 17.4 Å². The summed E-state index contributed by atoms with van der Waals surface area (Å²) >= 11 is 0. The third-order valence-corrected chi connectivity index (χ3v) is 3.68. The highest BCUT2D eigenvalue weighted by Crippen LogP contribution is 2.32. The molecule has 3 nitrogen and oxygen atoms in total. The molecule has 4 N–H and O–H groups in total. The molecule has 1 aromatic carbocycles. The molecule has 5 heteroatoms. The molecule has 0 aliphatic carbocycles. The van der Waals surface area contributed by atoms with Crippen LogP contribution in [0.3, 0.4) is 0 Å². The molecular formula is C15H27Cl2N3. The number of rotatable bonds is 4. The Morgan fingerprint density at radius 3 is 2.25 bits per heavy atom. The minimum absolute atomic E-state index is 0. The minimum Gasteiger partial charge on any atom is -0.330 e. The summed E-state index contributed by atoms with van der Waals surface area (Å²) in [6.07, 6.45) is 0. The summed E-state index contributed by atoms with van der Waals surface area (Å²) in [5, 5.41) is 0. The van der Waals surface area contributed by atoms with Crippen molar-refractivity contribution in [3.05, 3.63) is 35.9 Å². The molecule has 0 amide bonds. The number of benzene rings is 1. The van der Waals surface area contributed by atoms with Crippen molar-refractivity contribution in [1.29, 1.82) is 0 Å². The van der Waals surface area contributed by atoms with Crippen LogP contribution >= 0.6 is 24.8 Å². The lowest BCUT2D eigenvalue weighted by atomic mass is 9.89. The van der Waals surface area contributed by atoms with Crippen molar-refractivity contribution in [2.75, 3.05) is 26.2 Å². The van der Waals surface area contributed by atoms with Crippen molar-refractivity contribution < 1.29 is 0 Å². The average molecular weight is 320 g/mol. The van der Waals surface area contributed by atoms with Gasteiger partial charge in [0.2, 0.25) is 0 Å². The molecular weight excluding hydrogens is 293 g/mol. The van der Waals surface area contributed by atoms with Gasteiger partial charge in [-0.2, -0.15) is 0 Å². The SMILES string of the molecule is CC(C)(N)CN1C[C@@H](CN)[C@H](c2ccccc2)C1.Cl.Cl. The number of likely N-dealkylation sites (tertiary alicyclic amines) is 1. The Morgan fingerprint density at radius 1 is 1.15 bits per heavy atom. The van der Waals surface area contributed by atoms with Crippen molar-refractivity contribution in [3.63, 3.8) is 0 Å². The Balaban J connectivity index is 0.00000180. The van der Waals surface area contributed by atoms with Crippen LogP contribution in [0.15, 0.2) is 30.3 Å². The first kappa shape index (κ1) is 19.7. The van der Waals surface area contributed by atoms with Gasteiger partial charge >= 0.3 is 0 Å². The van der Waals surface area contributed by atoms with E-state index in [1.807, 2.05) is 0 Å². The molecule has 0 bridgehead atoms. The van der Waals surface area contributed by atoms with Crippen LogP contribution in [0.25, 0.3) is 0 Å². The predicted octanol–water partition coefficient (Wildman–Crippen LogP) is 2.24. The molecule has 0 spiro atoms. The predicted molar refractivity (Wildman–Crippen MR) is 90.9 cm³/mol. The van der Waals surface area contributed by atoms with Gasteiger partial charge in [-0.15, -0.1) is 24.8 Å². The van der Waals surface area contributed by atoms with Crippen LogP contribution in [0.2, 0.25) is 0 Å². The highest BCUT2D eigenvalue weighted by atomic mass is 35.5. The van der Waals surface area contributed by atoms with E-state index in [-0.39, 0.29) is 30.4 Å². The summed E-state index contributed by atoms with van der Waals surface area (Å²) in [6, 6.07) is 10.7. The summed E-state index contributed by atoms with van der Waals surface area (Å²) in [5.74, 6) is 1.10. The second-order valence-electron chi connectivity index (χ2n) is 6.20. The van der Waals surface area contributed by atoms with E-state index < -0.39 is 0 Å². The van der Waals surface area contributed by atoms with Crippen LogP contribution in [-0.4, -0.2) is 36.6 Å². The fourth-order valence-electron chi connectivity index (χ4n) is 2.98. The van der Waals surface area contributed by atoms with E-state index in [2.05, 4.69) is 49.1 Å². The lowest BCUT2D eigenvalue weighted by molar-refractivity contribution is 0.262. The Bertz CT molecular complexity index is 378. The monoisotopic (exact) mass is 319 g/mol. The van der Waals surface area contributed by atoms with E-state index in [9.17, 15) is 0 Å². The Kier molecular flexibility index (Phi) is 8.07. The van der Waals surface area contributed by atoms with Gasteiger partial charge in [0.25, 0.3) is 0 Å². The van der Waals surface area contributed by atoms with Crippen LogP contribution in [0.4, 0.5) is 0 Å². The van der Waals surface area contributed by atoms with Gasteiger partial charge in [0.15, 0.2) is 0 Å². The second-order valence-corrected chi connectivity index (χ2v) is 6.20. The molecule has 0 aromatic heterocycles. The van der Waals surface area contributed by atoms with Crippen molar-refractivity contribution >= 4 is 24.8 Å². The third-order valence-electron chi connectivity index (χ3n) is 3.68. The number of nitrogens with two attached hydrogens (primary N) is 2. The van der Waals surface area contributed by atoms with Crippen molar-refractivity contribution in [2.45, 2.75) is 25.3 Å². The van der Waals surface area contributed by atoms with Crippen LogP contribution in [0, 0.1) is 5.92 Å². The van der Waals surface area contributed by atoms with E-state index in [0.29, 0.717) is 11.8 Å². The van der Waals surface area contributed by atoms with Gasteiger partial charge in [-0.05, 0) is 31.9 Å². The zero-order valence-corrected chi connectivity index (χ0v) is 13.9. The van der Waals surface area contributed by atoms with Gasteiger partial charge in [-0.1, -0.05) is 30.3 Å². The van der Waals surface area contributed by atoms with Crippen LogP contribution in [0.5, 0.6) is 0 Å². The van der Waals surface area contributed by atoms with E-state index in [1.54, 1.807) is 0 Å². The van der Waals surface area contributed by atoms with E-state index in [0.717, 1.165) is 26.2 Å². The van der Waals surface area contributed by atoms with Gasteiger partial charge in [-0.25, -0.2) is 0 Å². The summed E-state index contributed by atoms with van der Waals surface area (Å²) in [4.78, 5) is 2.45. The molecule has 116 valence electrons. The Morgan fingerprint density at radius 2 is 1.75 bits per heavy atom. The lowest BCUT2D eigenvalue weighted by Crippen LogP contribution is -2.44. The molecule has 1 saturated heterocycles. The molecule has 0 unspecified atom stereocenters. The second kappa shape index (κ2) is 8.20. The number of nitrogens with zero attached hydrogens (tertiary/aromatic N) is 1. The molecule has 0 saturated carbocycles. The highest BCUT2D eigenvalue weighted by Gasteiger charge is 2.34. The lowest BCUT2D eigenvalue weighted by Gasteiger charge is -2.26. The normalized spacial score (nSPS) is 23.0. The standard InChI is InChI=1S/C15H25N3.2ClH/c1-15(2,17)11-18-9-13(8-16)14(10-18)12-6-4-3-5-7-12;;/h3-7,13-14H,8-11,16-17H2,1-2H3;2*1H/t13-,14+;;/m1../s1. The van der Waals surface area contributed by atoms with Gasteiger partial charge in [-0.3, -0.25) is 0 Å². The topological polar surface area (TPSA) is 55.3 Å². The molecule has 0 radical (unpaired) electrons. The quantitative estimate of drug-likeness (QED) is 0.894. The van der Waals surface area contributed by atoms with Crippen molar-refractivity contribution in [3.8, 4) is 0 Å². The molecule has 20 heavy (non-hydrogen) atoms. The first-order valence-corrected chi connectivity index (χ1v) is 6.76.